The third kappa shape index (κ3) is 2.82. The van der Waals surface area contributed by atoms with Gasteiger partial charge in [0.2, 0.25) is 0 Å². The van der Waals surface area contributed by atoms with Crippen molar-refractivity contribution in [3.8, 4) is 0 Å². The minimum absolute atomic E-state index is 0.0957. The number of hydrogen-bond donors (Lipinski definition) is 1. The maximum Gasteiger partial charge on any atom is 0.130 e. The van der Waals surface area contributed by atoms with Gasteiger partial charge in [-0.3, -0.25) is 4.68 Å². The molecule has 1 aliphatic rings. The number of aromatic nitrogens is 2. The number of ether oxygens (including phenoxy) is 2. The van der Waals surface area contributed by atoms with Crippen molar-refractivity contribution in [3.63, 3.8) is 0 Å². The van der Waals surface area contributed by atoms with Gasteiger partial charge in [-0.05, 0) is 20.3 Å². The average Bonchev–Trinajstić information content (AvgIpc) is 2.90. The summed E-state index contributed by atoms with van der Waals surface area (Å²) in [4.78, 5) is 2.29. The second-order valence-electron chi connectivity index (χ2n) is 5.65. The molecular formula is C14H26N4O2. The molecule has 6 nitrogen and oxygen atoms in total. The summed E-state index contributed by atoms with van der Waals surface area (Å²) in [6.07, 6.45) is 1.03. The number of rotatable bonds is 5. The summed E-state index contributed by atoms with van der Waals surface area (Å²) in [5, 5.41) is 4.55. The molecular weight excluding hydrogens is 256 g/mol. The fraction of sp³-hybridized carbons (Fsp3) is 0.786. The van der Waals surface area contributed by atoms with Crippen molar-refractivity contribution in [3.05, 3.63) is 11.3 Å². The first-order valence-electron chi connectivity index (χ1n) is 7.06. The van der Waals surface area contributed by atoms with Crippen LogP contribution in [0.3, 0.4) is 0 Å². The van der Waals surface area contributed by atoms with Crippen LogP contribution in [0.2, 0.25) is 0 Å². The smallest absolute Gasteiger partial charge is 0.130 e. The molecule has 0 saturated carbocycles. The summed E-state index contributed by atoms with van der Waals surface area (Å²) in [7, 11) is 5.45. The van der Waals surface area contributed by atoms with Crippen molar-refractivity contribution in [1.82, 2.24) is 9.78 Å². The number of nitrogens with two attached hydrogens (primary N) is 1. The van der Waals surface area contributed by atoms with E-state index in [1.807, 2.05) is 25.6 Å². The van der Waals surface area contributed by atoms with Crippen molar-refractivity contribution < 1.29 is 9.47 Å². The van der Waals surface area contributed by atoms with Crippen LogP contribution in [0, 0.1) is 6.92 Å². The molecule has 0 spiro atoms. The van der Waals surface area contributed by atoms with Crippen molar-refractivity contribution in [2.75, 3.05) is 32.2 Å². The van der Waals surface area contributed by atoms with E-state index in [2.05, 4.69) is 10.00 Å². The molecule has 0 radical (unpaired) electrons. The van der Waals surface area contributed by atoms with Crippen LogP contribution in [0.5, 0.6) is 0 Å². The third-order valence-electron chi connectivity index (χ3n) is 3.96. The molecule has 20 heavy (non-hydrogen) atoms. The highest BCUT2D eigenvalue weighted by atomic mass is 16.5. The molecule has 0 amide bonds. The van der Waals surface area contributed by atoms with Gasteiger partial charge in [0, 0.05) is 46.0 Å². The molecule has 114 valence electrons. The van der Waals surface area contributed by atoms with E-state index in [1.165, 1.54) is 5.56 Å². The molecule has 1 fully saturated rings. The summed E-state index contributed by atoms with van der Waals surface area (Å²) in [6, 6.07) is 0.121. The summed E-state index contributed by atoms with van der Waals surface area (Å²) >= 11 is 0. The van der Waals surface area contributed by atoms with Gasteiger partial charge in [-0.15, -0.1) is 0 Å². The molecule has 6 heteroatoms. The highest BCUT2D eigenvalue weighted by Gasteiger charge is 2.35. The maximum atomic E-state index is 5.97. The third-order valence-corrected chi connectivity index (χ3v) is 3.96. The lowest BCUT2D eigenvalue weighted by molar-refractivity contribution is -0.00461. The minimum Gasteiger partial charge on any atom is -0.377 e. The van der Waals surface area contributed by atoms with Crippen LogP contribution in [-0.4, -0.2) is 55.3 Å². The molecule has 0 bridgehead atoms. The zero-order valence-corrected chi connectivity index (χ0v) is 13.1. The monoisotopic (exact) mass is 282 g/mol. The molecule has 1 aromatic rings. The molecule has 0 aromatic carbocycles. The Morgan fingerprint density at radius 3 is 2.30 bits per heavy atom. The Bertz CT molecular complexity index is 446. The lowest BCUT2D eigenvalue weighted by atomic mass is 10.1. The Balaban J connectivity index is 2.29. The SMILES string of the molecule is COC1CN(c2c(CC(C)N)c(C)nn2C)CC1OC. The molecule has 3 atom stereocenters. The summed E-state index contributed by atoms with van der Waals surface area (Å²) < 4.78 is 13.0. The van der Waals surface area contributed by atoms with Crippen molar-refractivity contribution in [2.24, 2.45) is 12.8 Å². The van der Waals surface area contributed by atoms with Crippen LogP contribution in [0.15, 0.2) is 0 Å². The number of anilines is 1. The molecule has 2 rings (SSSR count). The Kier molecular flexibility index (Phi) is 4.67. The van der Waals surface area contributed by atoms with Gasteiger partial charge in [-0.2, -0.15) is 5.10 Å². The Labute approximate surface area is 120 Å². The number of aryl methyl sites for hydroxylation is 2. The molecule has 2 heterocycles. The van der Waals surface area contributed by atoms with Crippen LogP contribution < -0.4 is 10.6 Å². The molecule has 1 aromatic heterocycles. The van der Waals surface area contributed by atoms with Gasteiger partial charge in [-0.1, -0.05) is 0 Å². The topological polar surface area (TPSA) is 65.5 Å². The van der Waals surface area contributed by atoms with E-state index in [-0.39, 0.29) is 18.2 Å². The van der Waals surface area contributed by atoms with E-state index >= 15 is 0 Å². The normalized spacial score (nSPS) is 24.4. The predicted molar refractivity (Wildman–Crippen MR) is 79.1 cm³/mol. The Hall–Kier alpha value is -1.11. The highest BCUT2D eigenvalue weighted by molar-refractivity contribution is 5.52. The maximum absolute atomic E-state index is 5.97. The lowest BCUT2D eigenvalue weighted by Crippen LogP contribution is -2.27. The van der Waals surface area contributed by atoms with Gasteiger partial charge in [-0.25, -0.2) is 0 Å². The van der Waals surface area contributed by atoms with E-state index in [0.717, 1.165) is 31.0 Å². The van der Waals surface area contributed by atoms with E-state index in [4.69, 9.17) is 15.2 Å². The van der Waals surface area contributed by atoms with E-state index < -0.39 is 0 Å². The predicted octanol–water partition coefficient (Wildman–Crippen LogP) is 0.468. The van der Waals surface area contributed by atoms with Crippen LogP contribution in [0.1, 0.15) is 18.2 Å². The van der Waals surface area contributed by atoms with Crippen LogP contribution in [0.4, 0.5) is 5.82 Å². The second kappa shape index (κ2) is 6.11. The average molecular weight is 282 g/mol. The number of hydrogen-bond acceptors (Lipinski definition) is 5. The fourth-order valence-corrected chi connectivity index (χ4v) is 3.02. The minimum atomic E-state index is 0.0957. The highest BCUT2D eigenvalue weighted by Crippen LogP contribution is 2.29. The van der Waals surface area contributed by atoms with E-state index in [0.29, 0.717) is 0 Å². The van der Waals surface area contributed by atoms with Gasteiger partial charge in [0.15, 0.2) is 0 Å². The van der Waals surface area contributed by atoms with Gasteiger partial charge in [0.05, 0.1) is 5.69 Å². The van der Waals surface area contributed by atoms with Crippen molar-refractivity contribution in [2.45, 2.75) is 38.5 Å². The molecule has 1 saturated heterocycles. The van der Waals surface area contributed by atoms with Gasteiger partial charge in [0.1, 0.15) is 18.0 Å². The van der Waals surface area contributed by atoms with Crippen LogP contribution >= 0.6 is 0 Å². The number of nitrogens with zero attached hydrogens (tertiary/aromatic N) is 3. The largest absolute Gasteiger partial charge is 0.377 e. The Morgan fingerprint density at radius 1 is 1.30 bits per heavy atom. The summed E-state index contributed by atoms with van der Waals surface area (Å²) in [5.74, 6) is 1.14. The first-order valence-corrected chi connectivity index (χ1v) is 7.06. The molecule has 1 aliphatic heterocycles. The second-order valence-corrected chi connectivity index (χ2v) is 5.65. The Morgan fingerprint density at radius 2 is 1.85 bits per heavy atom. The summed E-state index contributed by atoms with van der Waals surface area (Å²) in [5.41, 5.74) is 8.25. The molecule has 3 unspecified atom stereocenters. The van der Waals surface area contributed by atoms with Gasteiger partial charge >= 0.3 is 0 Å². The first-order chi connectivity index (χ1) is 9.47. The van der Waals surface area contributed by atoms with E-state index in [9.17, 15) is 0 Å². The van der Waals surface area contributed by atoms with Crippen molar-refractivity contribution in [1.29, 1.82) is 0 Å². The fourth-order valence-electron chi connectivity index (χ4n) is 3.02. The quantitative estimate of drug-likeness (QED) is 0.850. The van der Waals surface area contributed by atoms with Gasteiger partial charge < -0.3 is 20.1 Å². The lowest BCUT2D eigenvalue weighted by Gasteiger charge is -2.20. The zero-order valence-electron chi connectivity index (χ0n) is 13.1. The molecule has 0 aliphatic carbocycles. The van der Waals surface area contributed by atoms with Crippen LogP contribution in [-0.2, 0) is 22.9 Å². The van der Waals surface area contributed by atoms with Gasteiger partial charge in [0.25, 0.3) is 0 Å². The molecule has 2 N–H and O–H groups in total. The van der Waals surface area contributed by atoms with Crippen LogP contribution in [0.25, 0.3) is 0 Å². The standard InChI is InChI=1S/C14H26N4O2/c1-9(15)6-11-10(2)16-17(3)14(11)18-7-12(19-4)13(8-18)20-5/h9,12-13H,6-8,15H2,1-5H3. The number of methoxy groups -OCH3 is 2. The van der Waals surface area contributed by atoms with Crippen molar-refractivity contribution >= 4 is 5.82 Å². The zero-order chi connectivity index (χ0) is 14.9. The summed E-state index contributed by atoms with van der Waals surface area (Å²) in [6.45, 7) is 5.70. The van der Waals surface area contributed by atoms with E-state index in [1.54, 1.807) is 14.2 Å². The first kappa shape index (κ1) is 15.3.